The molecule has 1 unspecified atom stereocenters. The normalized spacial score (nSPS) is 18.7. The highest BCUT2D eigenvalue weighted by Crippen LogP contribution is 2.36. The Bertz CT molecular complexity index is 856. The molecule has 1 fully saturated rings. The molecule has 5 heteroatoms. The van der Waals surface area contributed by atoms with Gasteiger partial charge in [-0.25, -0.2) is 0 Å². The molecule has 2 aromatic rings. The number of aryl methyl sites for hydroxylation is 1. The Labute approximate surface area is 172 Å². The summed E-state index contributed by atoms with van der Waals surface area (Å²) in [6.45, 7) is 3.69. The van der Waals surface area contributed by atoms with Gasteiger partial charge in [-0.15, -0.1) is 0 Å². The molecular formula is C24H29NO4. The van der Waals surface area contributed by atoms with Crippen LogP contribution in [0.3, 0.4) is 0 Å². The Morgan fingerprint density at radius 2 is 1.69 bits per heavy atom. The van der Waals surface area contributed by atoms with Crippen molar-refractivity contribution in [1.29, 1.82) is 0 Å². The van der Waals surface area contributed by atoms with Crippen LogP contribution in [-0.4, -0.2) is 50.6 Å². The van der Waals surface area contributed by atoms with Crippen LogP contribution in [0.4, 0.5) is 0 Å². The topological polar surface area (TPSA) is 48.0 Å². The Hall–Kier alpha value is -2.53. The van der Waals surface area contributed by atoms with E-state index in [1.165, 1.54) is 44.5 Å². The first-order valence-corrected chi connectivity index (χ1v) is 10.4. The molecule has 1 saturated heterocycles. The molecule has 0 saturated carbocycles. The highest BCUT2D eigenvalue weighted by Gasteiger charge is 2.33. The molecule has 0 aromatic heterocycles. The van der Waals surface area contributed by atoms with Crippen molar-refractivity contribution in [2.24, 2.45) is 0 Å². The van der Waals surface area contributed by atoms with Crippen LogP contribution in [0.25, 0.3) is 0 Å². The molecule has 5 nitrogen and oxygen atoms in total. The van der Waals surface area contributed by atoms with Gasteiger partial charge in [0.2, 0.25) is 5.78 Å². The summed E-state index contributed by atoms with van der Waals surface area (Å²) in [5.74, 6) is 1.94. The number of benzene rings is 2. The van der Waals surface area contributed by atoms with E-state index in [4.69, 9.17) is 14.2 Å². The number of hydrogen-bond donors (Lipinski definition) is 0. The molecule has 2 aromatic carbocycles. The van der Waals surface area contributed by atoms with Crippen molar-refractivity contribution >= 4 is 5.78 Å². The largest absolute Gasteiger partial charge is 0.493 e. The summed E-state index contributed by atoms with van der Waals surface area (Å²) in [5, 5.41) is 0. The Kier molecular flexibility index (Phi) is 6.05. The van der Waals surface area contributed by atoms with Crippen LogP contribution in [0.2, 0.25) is 0 Å². The van der Waals surface area contributed by atoms with Gasteiger partial charge in [0, 0.05) is 12.0 Å². The number of ketones is 1. The summed E-state index contributed by atoms with van der Waals surface area (Å²) in [6, 6.07) is 11.8. The fourth-order valence-electron chi connectivity index (χ4n) is 4.29. The third-order valence-electron chi connectivity index (χ3n) is 5.91. The number of ether oxygens (including phenoxy) is 3. The quantitative estimate of drug-likeness (QED) is 0.678. The molecule has 0 spiro atoms. The summed E-state index contributed by atoms with van der Waals surface area (Å²) >= 11 is 0. The van der Waals surface area contributed by atoms with Crippen LogP contribution in [0, 0.1) is 0 Å². The van der Waals surface area contributed by atoms with Crippen molar-refractivity contribution < 1.29 is 19.0 Å². The van der Waals surface area contributed by atoms with E-state index in [0.717, 1.165) is 17.7 Å². The van der Waals surface area contributed by atoms with Crippen molar-refractivity contribution in [3.8, 4) is 17.2 Å². The van der Waals surface area contributed by atoms with E-state index in [-0.39, 0.29) is 5.78 Å². The summed E-state index contributed by atoms with van der Waals surface area (Å²) < 4.78 is 16.7. The number of fused-ring (bicyclic) bond motifs is 1. The van der Waals surface area contributed by atoms with E-state index >= 15 is 0 Å². The SMILES string of the molecule is COc1cc2c(cc1OC)C(=O)C(Oc1ccc(CCCN3CCCC3)cc1)C2. The van der Waals surface area contributed by atoms with Gasteiger partial charge in [0.25, 0.3) is 0 Å². The molecule has 2 aliphatic rings. The maximum absolute atomic E-state index is 12.8. The Balaban J connectivity index is 1.34. The summed E-state index contributed by atoms with van der Waals surface area (Å²) in [4.78, 5) is 15.3. The molecule has 1 atom stereocenters. The van der Waals surface area contributed by atoms with E-state index < -0.39 is 6.10 Å². The predicted molar refractivity (Wildman–Crippen MR) is 112 cm³/mol. The number of hydrogen-bond acceptors (Lipinski definition) is 5. The monoisotopic (exact) mass is 395 g/mol. The van der Waals surface area contributed by atoms with Gasteiger partial charge in [-0.3, -0.25) is 4.79 Å². The molecule has 0 N–H and O–H groups in total. The van der Waals surface area contributed by atoms with Crippen LogP contribution in [0.5, 0.6) is 17.2 Å². The van der Waals surface area contributed by atoms with Crippen molar-refractivity contribution in [1.82, 2.24) is 4.90 Å². The van der Waals surface area contributed by atoms with Crippen molar-refractivity contribution in [3.63, 3.8) is 0 Å². The van der Waals surface area contributed by atoms with E-state index in [9.17, 15) is 4.79 Å². The van der Waals surface area contributed by atoms with E-state index in [1.807, 2.05) is 18.2 Å². The number of methoxy groups -OCH3 is 2. The zero-order valence-corrected chi connectivity index (χ0v) is 17.3. The molecule has 4 rings (SSSR count). The third-order valence-corrected chi connectivity index (χ3v) is 5.91. The van der Waals surface area contributed by atoms with E-state index in [1.54, 1.807) is 20.3 Å². The molecule has 0 bridgehead atoms. The lowest BCUT2D eigenvalue weighted by Crippen LogP contribution is -2.23. The fraction of sp³-hybridized carbons (Fsp3) is 0.458. The van der Waals surface area contributed by atoms with Crippen molar-refractivity contribution in [3.05, 3.63) is 53.1 Å². The first-order chi connectivity index (χ1) is 14.2. The Morgan fingerprint density at radius 1 is 1.00 bits per heavy atom. The van der Waals surface area contributed by atoms with Crippen molar-refractivity contribution in [2.75, 3.05) is 33.9 Å². The summed E-state index contributed by atoms with van der Waals surface area (Å²) in [6.07, 6.45) is 4.99. The van der Waals surface area contributed by atoms with Gasteiger partial charge in [0.15, 0.2) is 17.6 Å². The number of rotatable bonds is 8. The lowest BCUT2D eigenvalue weighted by Gasteiger charge is -2.14. The van der Waals surface area contributed by atoms with Crippen LogP contribution in [-0.2, 0) is 12.8 Å². The second-order valence-electron chi connectivity index (χ2n) is 7.84. The van der Waals surface area contributed by atoms with E-state index in [0.29, 0.717) is 23.5 Å². The average Bonchev–Trinajstić information content (AvgIpc) is 3.36. The van der Waals surface area contributed by atoms with Crippen LogP contribution < -0.4 is 14.2 Å². The average molecular weight is 395 g/mol. The number of likely N-dealkylation sites (tertiary alicyclic amines) is 1. The number of Topliss-reactive ketones (excluding diaryl/α,β-unsaturated/α-hetero) is 1. The highest BCUT2D eigenvalue weighted by molar-refractivity contribution is 6.04. The maximum Gasteiger partial charge on any atom is 0.204 e. The number of nitrogens with zero attached hydrogens (tertiary/aromatic N) is 1. The smallest absolute Gasteiger partial charge is 0.204 e. The summed E-state index contributed by atoms with van der Waals surface area (Å²) in [7, 11) is 3.17. The molecule has 0 radical (unpaired) electrons. The zero-order valence-electron chi connectivity index (χ0n) is 17.3. The predicted octanol–water partition coefficient (Wildman–Crippen LogP) is 3.92. The van der Waals surface area contributed by atoms with Crippen LogP contribution >= 0.6 is 0 Å². The van der Waals surface area contributed by atoms with Gasteiger partial charge in [-0.1, -0.05) is 12.1 Å². The Morgan fingerprint density at radius 3 is 2.38 bits per heavy atom. The molecular weight excluding hydrogens is 366 g/mol. The van der Waals surface area contributed by atoms with Gasteiger partial charge in [0.05, 0.1) is 14.2 Å². The van der Waals surface area contributed by atoms with Gasteiger partial charge in [0.1, 0.15) is 5.75 Å². The molecule has 0 amide bonds. The fourth-order valence-corrected chi connectivity index (χ4v) is 4.29. The lowest BCUT2D eigenvalue weighted by molar-refractivity contribution is 0.0821. The summed E-state index contributed by atoms with van der Waals surface area (Å²) in [5.41, 5.74) is 2.91. The molecule has 154 valence electrons. The van der Waals surface area contributed by atoms with Crippen LogP contribution in [0.15, 0.2) is 36.4 Å². The van der Waals surface area contributed by atoms with Crippen LogP contribution in [0.1, 0.15) is 40.7 Å². The third kappa shape index (κ3) is 4.40. The minimum Gasteiger partial charge on any atom is -0.493 e. The minimum absolute atomic E-state index is 0.00403. The first kappa shape index (κ1) is 19.8. The van der Waals surface area contributed by atoms with E-state index in [2.05, 4.69) is 17.0 Å². The zero-order chi connectivity index (χ0) is 20.2. The number of carbonyl (C=O) groups excluding carboxylic acids is 1. The van der Waals surface area contributed by atoms with Gasteiger partial charge < -0.3 is 19.1 Å². The van der Waals surface area contributed by atoms with Gasteiger partial charge >= 0.3 is 0 Å². The standard InChI is InChI=1S/C24H29NO4/c1-27-21-14-18-15-23(24(26)20(18)16-22(21)28-2)29-19-9-7-17(8-10-19)6-5-13-25-11-3-4-12-25/h7-10,14,16,23H,3-6,11-13,15H2,1-2H3. The minimum atomic E-state index is -0.497. The van der Waals surface area contributed by atoms with Gasteiger partial charge in [-0.05, 0) is 80.7 Å². The van der Waals surface area contributed by atoms with Gasteiger partial charge in [-0.2, -0.15) is 0 Å². The van der Waals surface area contributed by atoms with Crippen molar-refractivity contribution in [2.45, 2.75) is 38.2 Å². The second-order valence-corrected chi connectivity index (χ2v) is 7.84. The second kappa shape index (κ2) is 8.87. The molecule has 29 heavy (non-hydrogen) atoms. The lowest BCUT2D eigenvalue weighted by atomic mass is 10.1. The molecule has 1 aliphatic carbocycles. The molecule has 1 heterocycles. The molecule has 1 aliphatic heterocycles. The maximum atomic E-state index is 12.8. The first-order valence-electron chi connectivity index (χ1n) is 10.4. The highest BCUT2D eigenvalue weighted by atomic mass is 16.5. The number of carbonyl (C=O) groups is 1.